The summed E-state index contributed by atoms with van der Waals surface area (Å²) in [6, 6.07) is 15.6. The summed E-state index contributed by atoms with van der Waals surface area (Å²) in [5.74, 6) is 0.542. The number of nitriles is 1. The quantitative estimate of drug-likeness (QED) is 0.837. The molecule has 0 aliphatic heterocycles. The van der Waals surface area contributed by atoms with E-state index in [0.717, 1.165) is 5.56 Å². The predicted molar refractivity (Wildman–Crippen MR) is 92.9 cm³/mol. The van der Waals surface area contributed by atoms with Crippen LogP contribution in [0.4, 0.5) is 0 Å². The fourth-order valence-corrected chi connectivity index (χ4v) is 3.75. The van der Waals surface area contributed by atoms with Gasteiger partial charge < -0.3 is 4.74 Å². The van der Waals surface area contributed by atoms with Crippen LogP contribution in [-0.2, 0) is 15.8 Å². The standard InChI is InChI=1S/C18H20N2O3S/c1-3-23-18-9-5-8-17(11-18)14(2)20-24(21,22)13-16-7-4-6-15(10-16)12-19/h4-11,14,20H,3,13H2,1-2H3. The van der Waals surface area contributed by atoms with Gasteiger partial charge in [0.1, 0.15) is 5.75 Å². The number of benzene rings is 2. The van der Waals surface area contributed by atoms with Crippen LogP contribution in [0.15, 0.2) is 48.5 Å². The maximum absolute atomic E-state index is 12.4. The normalized spacial score (nSPS) is 12.4. The first-order chi connectivity index (χ1) is 11.4. The van der Waals surface area contributed by atoms with Crippen LogP contribution in [0, 0.1) is 11.3 Å². The van der Waals surface area contributed by atoms with E-state index in [1.54, 1.807) is 31.2 Å². The first kappa shape index (κ1) is 18.0. The Morgan fingerprint density at radius 3 is 2.67 bits per heavy atom. The van der Waals surface area contributed by atoms with E-state index in [0.29, 0.717) is 23.5 Å². The Balaban J connectivity index is 2.10. The Labute approximate surface area is 142 Å². The molecule has 6 heteroatoms. The van der Waals surface area contributed by atoms with Crippen LogP contribution in [0.3, 0.4) is 0 Å². The highest BCUT2D eigenvalue weighted by Crippen LogP contribution is 2.20. The Morgan fingerprint density at radius 1 is 1.21 bits per heavy atom. The van der Waals surface area contributed by atoms with E-state index in [1.807, 2.05) is 37.3 Å². The van der Waals surface area contributed by atoms with Crippen molar-refractivity contribution in [2.24, 2.45) is 0 Å². The third kappa shape index (κ3) is 5.08. The van der Waals surface area contributed by atoms with Gasteiger partial charge in [-0.3, -0.25) is 0 Å². The fourth-order valence-electron chi connectivity index (χ4n) is 2.37. The van der Waals surface area contributed by atoms with Gasteiger partial charge >= 0.3 is 0 Å². The van der Waals surface area contributed by atoms with Crippen molar-refractivity contribution < 1.29 is 13.2 Å². The molecule has 1 atom stereocenters. The number of hydrogen-bond acceptors (Lipinski definition) is 4. The molecule has 0 aliphatic carbocycles. The van der Waals surface area contributed by atoms with Gasteiger partial charge in [0, 0.05) is 6.04 Å². The summed E-state index contributed by atoms with van der Waals surface area (Å²) >= 11 is 0. The molecule has 0 fully saturated rings. The van der Waals surface area contributed by atoms with Gasteiger partial charge in [0.2, 0.25) is 10.0 Å². The molecule has 0 spiro atoms. The van der Waals surface area contributed by atoms with E-state index < -0.39 is 10.0 Å². The van der Waals surface area contributed by atoms with Gasteiger partial charge in [-0.15, -0.1) is 0 Å². The summed E-state index contributed by atoms with van der Waals surface area (Å²) < 4.78 is 32.8. The predicted octanol–water partition coefficient (Wildman–Crippen LogP) is 3.14. The number of ether oxygens (including phenoxy) is 1. The van der Waals surface area contributed by atoms with Gasteiger partial charge in [0.05, 0.1) is 24.0 Å². The average molecular weight is 344 g/mol. The monoisotopic (exact) mass is 344 g/mol. The van der Waals surface area contributed by atoms with Crippen molar-refractivity contribution in [3.63, 3.8) is 0 Å². The van der Waals surface area contributed by atoms with Gasteiger partial charge in [-0.25, -0.2) is 13.1 Å². The van der Waals surface area contributed by atoms with E-state index in [9.17, 15) is 8.42 Å². The maximum Gasteiger partial charge on any atom is 0.216 e. The highest BCUT2D eigenvalue weighted by atomic mass is 32.2. The second-order valence-electron chi connectivity index (χ2n) is 5.42. The molecule has 2 aromatic rings. The Morgan fingerprint density at radius 2 is 1.96 bits per heavy atom. The topological polar surface area (TPSA) is 79.2 Å². The molecule has 1 unspecified atom stereocenters. The van der Waals surface area contributed by atoms with E-state index in [4.69, 9.17) is 10.00 Å². The van der Waals surface area contributed by atoms with Crippen molar-refractivity contribution in [3.05, 3.63) is 65.2 Å². The molecule has 5 nitrogen and oxygen atoms in total. The molecule has 126 valence electrons. The van der Waals surface area contributed by atoms with E-state index in [1.165, 1.54) is 0 Å². The number of hydrogen-bond donors (Lipinski definition) is 1. The largest absolute Gasteiger partial charge is 0.494 e. The smallest absolute Gasteiger partial charge is 0.216 e. The van der Waals surface area contributed by atoms with Gasteiger partial charge in [-0.05, 0) is 49.2 Å². The number of nitrogens with one attached hydrogen (secondary N) is 1. The van der Waals surface area contributed by atoms with E-state index in [-0.39, 0.29) is 11.8 Å². The average Bonchev–Trinajstić information content (AvgIpc) is 2.54. The van der Waals surface area contributed by atoms with E-state index in [2.05, 4.69) is 4.72 Å². The Bertz CT molecular complexity index is 841. The lowest BCUT2D eigenvalue weighted by molar-refractivity contribution is 0.339. The molecular weight excluding hydrogens is 324 g/mol. The highest BCUT2D eigenvalue weighted by molar-refractivity contribution is 7.88. The zero-order valence-corrected chi connectivity index (χ0v) is 14.5. The molecule has 0 saturated heterocycles. The minimum Gasteiger partial charge on any atom is -0.494 e. The van der Waals surface area contributed by atoms with Crippen LogP contribution in [-0.4, -0.2) is 15.0 Å². The maximum atomic E-state index is 12.4. The summed E-state index contributed by atoms with van der Waals surface area (Å²) in [6.45, 7) is 4.24. The second-order valence-corrected chi connectivity index (χ2v) is 7.17. The zero-order chi connectivity index (χ0) is 17.6. The SMILES string of the molecule is CCOc1cccc(C(C)NS(=O)(=O)Cc2cccc(C#N)c2)c1. The lowest BCUT2D eigenvalue weighted by Crippen LogP contribution is -2.28. The molecule has 0 heterocycles. The summed E-state index contributed by atoms with van der Waals surface area (Å²) in [5.41, 5.74) is 1.85. The van der Waals surface area contributed by atoms with Crippen molar-refractivity contribution >= 4 is 10.0 Å². The van der Waals surface area contributed by atoms with Gasteiger partial charge in [0.25, 0.3) is 0 Å². The molecule has 0 amide bonds. The molecule has 0 aromatic heterocycles. The van der Waals surface area contributed by atoms with Crippen LogP contribution in [0.5, 0.6) is 5.75 Å². The summed E-state index contributed by atoms with van der Waals surface area (Å²) in [6.07, 6.45) is 0. The van der Waals surface area contributed by atoms with Crippen LogP contribution in [0.1, 0.15) is 36.6 Å². The molecule has 2 rings (SSSR count). The van der Waals surface area contributed by atoms with Gasteiger partial charge in [0.15, 0.2) is 0 Å². The van der Waals surface area contributed by atoms with Crippen molar-refractivity contribution in [1.29, 1.82) is 5.26 Å². The summed E-state index contributed by atoms with van der Waals surface area (Å²) in [5, 5.41) is 8.90. The molecule has 0 radical (unpaired) electrons. The van der Waals surface area contributed by atoms with Crippen LogP contribution >= 0.6 is 0 Å². The third-order valence-corrected chi connectivity index (χ3v) is 4.86. The second kappa shape index (κ2) is 7.95. The number of rotatable bonds is 7. The first-order valence-electron chi connectivity index (χ1n) is 7.65. The molecule has 0 aliphatic rings. The van der Waals surface area contributed by atoms with Gasteiger partial charge in [-0.1, -0.05) is 24.3 Å². The zero-order valence-electron chi connectivity index (χ0n) is 13.7. The minimum atomic E-state index is -3.53. The molecule has 0 bridgehead atoms. The first-order valence-corrected chi connectivity index (χ1v) is 9.30. The van der Waals surface area contributed by atoms with Crippen molar-refractivity contribution in [1.82, 2.24) is 4.72 Å². The third-order valence-electron chi connectivity index (χ3n) is 3.44. The van der Waals surface area contributed by atoms with Gasteiger partial charge in [-0.2, -0.15) is 5.26 Å². The van der Waals surface area contributed by atoms with E-state index >= 15 is 0 Å². The lowest BCUT2D eigenvalue weighted by Gasteiger charge is -2.16. The minimum absolute atomic E-state index is 0.169. The van der Waals surface area contributed by atoms with Crippen molar-refractivity contribution in [2.45, 2.75) is 25.6 Å². The molecule has 2 aromatic carbocycles. The number of nitrogens with zero attached hydrogens (tertiary/aromatic N) is 1. The van der Waals surface area contributed by atoms with Crippen LogP contribution in [0.2, 0.25) is 0 Å². The highest BCUT2D eigenvalue weighted by Gasteiger charge is 2.17. The Hall–Kier alpha value is -2.36. The van der Waals surface area contributed by atoms with Crippen LogP contribution in [0.25, 0.3) is 0 Å². The fraction of sp³-hybridized carbons (Fsp3) is 0.278. The molecule has 24 heavy (non-hydrogen) atoms. The molecule has 1 N–H and O–H groups in total. The summed E-state index contributed by atoms with van der Waals surface area (Å²) in [7, 11) is -3.53. The van der Waals surface area contributed by atoms with Crippen LogP contribution < -0.4 is 9.46 Å². The summed E-state index contributed by atoms with van der Waals surface area (Å²) in [4.78, 5) is 0. The van der Waals surface area contributed by atoms with Crippen molar-refractivity contribution in [2.75, 3.05) is 6.61 Å². The van der Waals surface area contributed by atoms with Crippen molar-refractivity contribution in [3.8, 4) is 11.8 Å². The molecular formula is C18H20N2O3S. The molecule has 0 saturated carbocycles. The number of sulfonamides is 1. The lowest BCUT2D eigenvalue weighted by atomic mass is 10.1. The Kier molecular flexibility index (Phi) is 5.96.